The maximum Gasteiger partial charge on any atom is 0.208 e. The first kappa shape index (κ1) is 28.0. The van der Waals surface area contributed by atoms with Crippen molar-refractivity contribution in [2.24, 2.45) is 4.99 Å². The number of piperazine rings is 1. The van der Waals surface area contributed by atoms with Crippen LogP contribution < -0.4 is 10.0 Å². The van der Waals surface area contributed by atoms with Crippen LogP contribution in [-0.4, -0.2) is 76.2 Å². The summed E-state index contributed by atoms with van der Waals surface area (Å²) in [7, 11) is -3.18. The molecule has 1 aliphatic heterocycles. The van der Waals surface area contributed by atoms with E-state index in [1.165, 1.54) is 6.07 Å². The predicted molar refractivity (Wildman–Crippen MR) is 131 cm³/mol. The second kappa shape index (κ2) is 13.5. The molecule has 1 atom stereocenters. The maximum atomic E-state index is 14.3. The number of hydrogen-bond donors (Lipinski definition) is 2. The van der Waals surface area contributed by atoms with Crippen molar-refractivity contribution in [3.05, 3.63) is 35.4 Å². The summed E-state index contributed by atoms with van der Waals surface area (Å²) in [4.78, 5) is 9.00. The van der Waals surface area contributed by atoms with Gasteiger partial charge in [-0.05, 0) is 25.8 Å². The largest absolute Gasteiger partial charge is 0.357 e. The van der Waals surface area contributed by atoms with Crippen LogP contribution in [0.2, 0.25) is 0 Å². The van der Waals surface area contributed by atoms with Gasteiger partial charge in [-0.15, -0.1) is 24.0 Å². The van der Waals surface area contributed by atoms with Crippen molar-refractivity contribution in [3.8, 4) is 0 Å². The van der Waals surface area contributed by atoms with E-state index in [4.69, 9.17) is 0 Å². The van der Waals surface area contributed by atoms with E-state index in [2.05, 4.69) is 24.8 Å². The summed E-state index contributed by atoms with van der Waals surface area (Å²) in [6.07, 6.45) is 2.49. The number of rotatable bonds is 9. The highest BCUT2D eigenvalue weighted by atomic mass is 127. The second-order valence-corrected chi connectivity index (χ2v) is 9.20. The van der Waals surface area contributed by atoms with E-state index in [-0.39, 0.29) is 30.0 Å². The van der Waals surface area contributed by atoms with Crippen LogP contribution in [0.5, 0.6) is 0 Å². The van der Waals surface area contributed by atoms with Gasteiger partial charge in [0.05, 0.1) is 6.26 Å². The van der Waals surface area contributed by atoms with Gasteiger partial charge in [-0.3, -0.25) is 9.89 Å². The zero-order valence-electron chi connectivity index (χ0n) is 18.4. The Labute approximate surface area is 201 Å². The Hall–Kier alpha value is -1.05. The highest BCUT2D eigenvalue weighted by Gasteiger charge is 2.27. The van der Waals surface area contributed by atoms with Crippen LogP contribution in [0.15, 0.2) is 23.2 Å². The van der Waals surface area contributed by atoms with E-state index in [9.17, 15) is 17.2 Å². The Morgan fingerprint density at radius 3 is 2.42 bits per heavy atom. The van der Waals surface area contributed by atoms with Gasteiger partial charge in [0.1, 0.15) is 11.6 Å². The molecule has 7 nitrogen and oxygen atoms in total. The summed E-state index contributed by atoms with van der Waals surface area (Å²) in [5.41, 5.74) is 0.534. The molecule has 0 saturated carbocycles. The smallest absolute Gasteiger partial charge is 0.208 e. The van der Waals surface area contributed by atoms with Gasteiger partial charge >= 0.3 is 0 Å². The van der Waals surface area contributed by atoms with Gasteiger partial charge in [-0.25, -0.2) is 21.9 Å². The minimum atomic E-state index is -3.18. The molecule has 1 heterocycles. The van der Waals surface area contributed by atoms with Crippen molar-refractivity contribution in [3.63, 3.8) is 0 Å². The Morgan fingerprint density at radius 2 is 1.87 bits per heavy atom. The third-order valence-corrected chi connectivity index (χ3v) is 5.79. The monoisotopic (exact) mass is 573 g/mol. The Bertz CT molecular complexity index is 818. The van der Waals surface area contributed by atoms with Crippen molar-refractivity contribution < 1.29 is 17.2 Å². The molecule has 31 heavy (non-hydrogen) atoms. The molecule has 1 aromatic rings. The molecule has 0 bridgehead atoms. The molecule has 1 unspecified atom stereocenters. The molecule has 1 fully saturated rings. The molecule has 0 aromatic heterocycles. The van der Waals surface area contributed by atoms with Crippen LogP contribution in [0, 0.1) is 11.6 Å². The van der Waals surface area contributed by atoms with Gasteiger partial charge in [0, 0.05) is 63.5 Å². The van der Waals surface area contributed by atoms with Crippen LogP contribution in [0.3, 0.4) is 0 Å². The van der Waals surface area contributed by atoms with Crippen molar-refractivity contribution in [2.75, 3.05) is 52.1 Å². The topological polar surface area (TPSA) is 77.0 Å². The zero-order valence-corrected chi connectivity index (χ0v) is 21.6. The molecule has 1 saturated heterocycles. The molecule has 0 radical (unpaired) electrons. The zero-order chi connectivity index (χ0) is 22.1. The maximum absolute atomic E-state index is 14.3. The average molecular weight is 573 g/mol. The first-order chi connectivity index (χ1) is 14.2. The van der Waals surface area contributed by atoms with Crippen LogP contribution in [0.25, 0.3) is 0 Å². The SMILES string of the molecule is CCNC(=NCCCNS(C)(=O)=O)N1CCN(C(CC)c2ccc(F)cc2F)CC1.I. The van der Waals surface area contributed by atoms with E-state index in [1.807, 2.05) is 13.8 Å². The first-order valence-electron chi connectivity index (χ1n) is 10.4. The lowest BCUT2D eigenvalue weighted by molar-refractivity contribution is 0.124. The van der Waals surface area contributed by atoms with Gasteiger partial charge in [-0.2, -0.15) is 0 Å². The molecule has 11 heteroatoms. The fraction of sp³-hybridized carbons (Fsp3) is 0.650. The van der Waals surface area contributed by atoms with Crippen LogP contribution >= 0.6 is 24.0 Å². The number of benzene rings is 1. The van der Waals surface area contributed by atoms with E-state index in [0.29, 0.717) is 25.1 Å². The molecular weight excluding hydrogens is 539 g/mol. The molecule has 0 aliphatic carbocycles. The van der Waals surface area contributed by atoms with Crippen LogP contribution in [0.1, 0.15) is 38.3 Å². The summed E-state index contributed by atoms with van der Waals surface area (Å²) >= 11 is 0. The molecule has 2 rings (SSSR count). The van der Waals surface area contributed by atoms with E-state index in [1.54, 1.807) is 6.07 Å². The lowest BCUT2D eigenvalue weighted by atomic mass is 10.0. The molecule has 0 amide bonds. The highest BCUT2D eigenvalue weighted by Crippen LogP contribution is 2.28. The van der Waals surface area contributed by atoms with Crippen molar-refractivity contribution in [2.45, 2.75) is 32.7 Å². The van der Waals surface area contributed by atoms with Crippen LogP contribution in [0.4, 0.5) is 8.78 Å². The highest BCUT2D eigenvalue weighted by molar-refractivity contribution is 14.0. The number of aliphatic imine (C=N–C) groups is 1. The number of nitrogens with one attached hydrogen (secondary N) is 2. The second-order valence-electron chi connectivity index (χ2n) is 7.37. The van der Waals surface area contributed by atoms with Gasteiger partial charge in [-0.1, -0.05) is 13.0 Å². The fourth-order valence-electron chi connectivity index (χ4n) is 3.64. The average Bonchev–Trinajstić information content (AvgIpc) is 2.69. The molecule has 178 valence electrons. The number of halogens is 3. The molecule has 2 N–H and O–H groups in total. The fourth-order valence-corrected chi connectivity index (χ4v) is 4.15. The number of hydrogen-bond acceptors (Lipinski definition) is 4. The number of guanidine groups is 1. The van der Waals surface area contributed by atoms with Gasteiger partial charge < -0.3 is 10.2 Å². The quantitative estimate of drug-likeness (QED) is 0.206. The lowest BCUT2D eigenvalue weighted by Gasteiger charge is -2.40. The van der Waals surface area contributed by atoms with E-state index >= 15 is 0 Å². The van der Waals surface area contributed by atoms with E-state index in [0.717, 1.165) is 57.4 Å². The first-order valence-corrected chi connectivity index (χ1v) is 12.3. The van der Waals surface area contributed by atoms with Crippen molar-refractivity contribution >= 4 is 40.0 Å². The van der Waals surface area contributed by atoms with Crippen LogP contribution in [-0.2, 0) is 10.0 Å². The molecule has 1 aromatic carbocycles. The third kappa shape index (κ3) is 9.15. The van der Waals surface area contributed by atoms with Crippen molar-refractivity contribution in [1.29, 1.82) is 0 Å². The Balaban J connectivity index is 0.00000480. The summed E-state index contributed by atoms with van der Waals surface area (Å²) in [5.74, 6) is -0.256. The predicted octanol–water partition coefficient (Wildman–Crippen LogP) is 2.56. The third-order valence-electron chi connectivity index (χ3n) is 5.06. The molecule has 0 spiro atoms. The van der Waals surface area contributed by atoms with Gasteiger partial charge in [0.2, 0.25) is 10.0 Å². The number of sulfonamides is 1. The molecular formula is C20H34F2IN5O2S. The summed E-state index contributed by atoms with van der Waals surface area (Å²) in [6.45, 7) is 8.60. The Kier molecular flexibility index (Phi) is 12.2. The minimum Gasteiger partial charge on any atom is -0.357 e. The lowest BCUT2D eigenvalue weighted by Crippen LogP contribution is -2.53. The Morgan fingerprint density at radius 1 is 1.19 bits per heavy atom. The van der Waals surface area contributed by atoms with E-state index < -0.39 is 21.7 Å². The normalized spacial score (nSPS) is 16.7. The summed E-state index contributed by atoms with van der Waals surface area (Å²) in [6, 6.07) is 3.71. The number of nitrogens with zero attached hydrogens (tertiary/aromatic N) is 3. The minimum absolute atomic E-state index is 0. The molecule has 1 aliphatic rings. The summed E-state index contributed by atoms with van der Waals surface area (Å²) in [5, 5.41) is 3.28. The van der Waals surface area contributed by atoms with Gasteiger partial charge in [0.15, 0.2) is 5.96 Å². The summed E-state index contributed by atoms with van der Waals surface area (Å²) < 4.78 is 52.2. The van der Waals surface area contributed by atoms with Crippen molar-refractivity contribution in [1.82, 2.24) is 19.8 Å². The van der Waals surface area contributed by atoms with Gasteiger partial charge in [0.25, 0.3) is 0 Å². The standard InChI is InChI=1S/C20H33F2N5O2S.HI/c1-4-19(17-8-7-16(21)15-18(17)22)26-11-13-27(14-12-26)20(23-5-2)24-9-6-10-25-30(3,28)29;/h7-8,15,19,25H,4-6,9-14H2,1-3H3,(H,23,24);1H.